The summed E-state index contributed by atoms with van der Waals surface area (Å²) in [6, 6.07) is 7.25. The fraction of sp³-hybridized carbons (Fsp3) is 0.286. The Morgan fingerprint density at radius 1 is 1.32 bits per heavy atom. The summed E-state index contributed by atoms with van der Waals surface area (Å²) in [5, 5.41) is 8.88. The number of carbonyl (C=O) groups is 1. The number of aryl methyl sites for hydroxylation is 1. The van der Waals surface area contributed by atoms with Gasteiger partial charge in [-0.2, -0.15) is 0 Å². The van der Waals surface area contributed by atoms with E-state index in [1.165, 1.54) is 23.4 Å². The first-order chi connectivity index (χ1) is 10.5. The van der Waals surface area contributed by atoms with E-state index < -0.39 is 5.25 Å². The van der Waals surface area contributed by atoms with Gasteiger partial charge in [-0.25, -0.2) is 0 Å². The Bertz CT molecular complexity index is 931. The number of hydrogen-bond acceptors (Lipinski definition) is 6. The number of benzene rings is 1. The van der Waals surface area contributed by atoms with Crippen LogP contribution in [0.3, 0.4) is 0 Å². The van der Waals surface area contributed by atoms with Crippen molar-refractivity contribution in [3.05, 3.63) is 34.6 Å². The minimum absolute atomic E-state index is 0.131. The second kappa shape index (κ2) is 5.45. The SMILES string of the molecule is COC(=O)C(C)Sc1nnc2n(C)c(=O)c3ccccc3n12. The molecule has 3 rings (SSSR count). The third-order valence-electron chi connectivity index (χ3n) is 3.41. The molecular formula is C14H14N4O3S. The van der Waals surface area contributed by atoms with Crippen LogP contribution < -0.4 is 5.56 Å². The number of fused-ring (bicyclic) bond motifs is 3. The minimum Gasteiger partial charge on any atom is -0.468 e. The van der Waals surface area contributed by atoms with Crippen molar-refractivity contribution in [2.24, 2.45) is 7.05 Å². The molecule has 0 aliphatic rings. The van der Waals surface area contributed by atoms with E-state index in [1.54, 1.807) is 24.4 Å². The van der Waals surface area contributed by atoms with Gasteiger partial charge in [0.25, 0.3) is 5.56 Å². The quantitative estimate of drug-likeness (QED) is 0.534. The summed E-state index contributed by atoms with van der Waals surface area (Å²) < 4.78 is 7.96. The van der Waals surface area contributed by atoms with E-state index in [0.29, 0.717) is 21.8 Å². The third-order valence-corrected chi connectivity index (χ3v) is 4.43. The molecule has 114 valence electrons. The molecule has 0 aliphatic carbocycles. The molecule has 8 heteroatoms. The first-order valence-electron chi connectivity index (χ1n) is 6.62. The molecule has 0 radical (unpaired) electrons. The highest BCUT2D eigenvalue weighted by Gasteiger charge is 2.20. The van der Waals surface area contributed by atoms with Gasteiger partial charge in [-0.1, -0.05) is 23.9 Å². The fourth-order valence-corrected chi connectivity index (χ4v) is 3.14. The number of hydrogen-bond donors (Lipinski definition) is 0. The van der Waals surface area contributed by atoms with E-state index in [0.717, 1.165) is 0 Å². The van der Waals surface area contributed by atoms with Crippen LogP contribution in [0.4, 0.5) is 0 Å². The molecule has 1 atom stereocenters. The zero-order valence-electron chi connectivity index (χ0n) is 12.3. The van der Waals surface area contributed by atoms with Gasteiger partial charge >= 0.3 is 5.97 Å². The molecule has 22 heavy (non-hydrogen) atoms. The number of methoxy groups -OCH3 is 1. The van der Waals surface area contributed by atoms with Crippen molar-refractivity contribution in [3.8, 4) is 0 Å². The maximum Gasteiger partial charge on any atom is 0.318 e. The lowest BCUT2D eigenvalue weighted by Gasteiger charge is -2.09. The Hall–Kier alpha value is -2.35. The molecule has 0 spiro atoms. The first-order valence-corrected chi connectivity index (χ1v) is 7.50. The zero-order valence-corrected chi connectivity index (χ0v) is 13.1. The Morgan fingerprint density at radius 2 is 2.05 bits per heavy atom. The van der Waals surface area contributed by atoms with Crippen molar-refractivity contribution >= 4 is 34.4 Å². The van der Waals surface area contributed by atoms with Crippen molar-refractivity contribution in [3.63, 3.8) is 0 Å². The molecule has 1 aromatic carbocycles. The normalized spacial score (nSPS) is 12.7. The lowest BCUT2D eigenvalue weighted by molar-refractivity contribution is -0.139. The van der Waals surface area contributed by atoms with Gasteiger partial charge in [0.1, 0.15) is 5.25 Å². The molecule has 0 saturated carbocycles. The molecule has 3 aromatic rings. The van der Waals surface area contributed by atoms with Crippen LogP contribution in [0.5, 0.6) is 0 Å². The summed E-state index contributed by atoms with van der Waals surface area (Å²) in [5.41, 5.74) is 0.582. The average molecular weight is 318 g/mol. The molecule has 2 heterocycles. The number of thioether (sulfide) groups is 1. The van der Waals surface area contributed by atoms with Crippen LogP contribution in [0, 0.1) is 0 Å². The highest BCUT2D eigenvalue weighted by atomic mass is 32.2. The number of carbonyl (C=O) groups excluding carboxylic acids is 1. The molecule has 1 unspecified atom stereocenters. The number of para-hydroxylation sites is 1. The summed E-state index contributed by atoms with van der Waals surface area (Å²) in [7, 11) is 3.00. The first kappa shape index (κ1) is 14.6. The maximum absolute atomic E-state index is 12.3. The van der Waals surface area contributed by atoms with Gasteiger partial charge < -0.3 is 4.74 Å². The molecule has 0 amide bonds. The number of aromatic nitrogens is 4. The van der Waals surface area contributed by atoms with Crippen LogP contribution in [0.2, 0.25) is 0 Å². The number of ether oxygens (including phenoxy) is 1. The predicted molar refractivity (Wildman–Crippen MR) is 83.1 cm³/mol. The fourth-order valence-electron chi connectivity index (χ4n) is 2.26. The van der Waals surface area contributed by atoms with Gasteiger partial charge in [0.15, 0.2) is 5.16 Å². The van der Waals surface area contributed by atoms with Gasteiger partial charge in [0.05, 0.1) is 18.0 Å². The summed E-state index contributed by atoms with van der Waals surface area (Å²) in [4.78, 5) is 23.9. The number of esters is 1. The highest BCUT2D eigenvalue weighted by Crippen LogP contribution is 2.25. The van der Waals surface area contributed by atoms with E-state index in [9.17, 15) is 9.59 Å². The zero-order chi connectivity index (χ0) is 15.9. The van der Waals surface area contributed by atoms with E-state index in [4.69, 9.17) is 4.74 Å². The van der Waals surface area contributed by atoms with Crippen LogP contribution in [0.25, 0.3) is 16.7 Å². The Kier molecular flexibility index (Phi) is 3.61. The summed E-state index contributed by atoms with van der Waals surface area (Å²) >= 11 is 1.24. The summed E-state index contributed by atoms with van der Waals surface area (Å²) in [6.07, 6.45) is 0. The van der Waals surface area contributed by atoms with Crippen LogP contribution in [-0.4, -0.2) is 37.5 Å². The minimum atomic E-state index is -0.423. The molecule has 0 bridgehead atoms. The van der Waals surface area contributed by atoms with Crippen molar-refractivity contribution in [2.45, 2.75) is 17.3 Å². The van der Waals surface area contributed by atoms with Gasteiger partial charge in [-0.15, -0.1) is 10.2 Å². The van der Waals surface area contributed by atoms with Gasteiger partial charge in [-0.05, 0) is 19.1 Å². The van der Waals surface area contributed by atoms with Gasteiger partial charge in [0, 0.05) is 7.05 Å². The van der Waals surface area contributed by atoms with Crippen molar-refractivity contribution in [1.29, 1.82) is 0 Å². The Morgan fingerprint density at radius 3 is 2.77 bits per heavy atom. The largest absolute Gasteiger partial charge is 0.468 e. The second-order valence-corrected chi connectivity index (χ2v) is 6.09. The van der Waals surface area contributed by atoms with Crippen LogP contribution in [0.15, 0.2) is 34.2 Å². The highest BCUT2D eigenvalue weighted by molar-refractivity contribution is 8.00. The molecule has 2 aromatic heterocycles. The predicted octanol–water partition coefficient (Wildman–Crippen LogP) is 1.23. The average Bonchev–Trinajstić information content (AvgIpc) is 2.95. The molecule has 7 nitrogen and oxygen atoms in total. The summed E-state index contributed by atoms with van der Waals surface area (Å²) in [6.45, 7) is 1.74. The van der Waals surface area contributed by atoms with Gasteiger partial charge in [0.2, 0.25) is 5.78 Å². The van der Waals surface area contributed by atoms with Crippen molar-refractivity contribution in [2.75, 3.05) is 7.11 Å². The van der Waals surface area contributed by atoms with Crippen molar-refractivity contribution < 1.29 is 9.53 Å². The van der Waals surface area contributed by atoms with Gasteiger partial charge in [-0.3, -0.25) is 18.6 Å². The lowest BCUT2D eigenvalue weighted by atomic mass is 10.2. The molecule has 0 fully saturated rings. The topological polar surface area (TPSA) is 78.5 Å². The Balaban J connectivity index is 2.26. The molecule has 0 N–H and O–H groups in total. The standard InChI is InChI=1S/C14H14N4O3S/c1-8(12(20)21-3)22-14-16-15-13-17(2)11(19)9-6-4-5-7-10(9)18(13)14/h4-8H,1-3H3. The summed E-state index contributed by atoms with van der Waals surface area (Å²) in [5.74, 6) is 0.0964. The smallest absolute Gasteiger partial charge is 0.318 e. The van der Waals surface area contributed by atoms with E-state index >= 15 is 0 Å². The van der Waals surface area contributed by atoms with Crippen molar-refractivity contribution in [1.82, 2.24) is 19.2 Å². The molecule has 0 saturated heterocycles. The van der Waals surface area contributed by atoms with Crippen LogP contribution in [-0.2, 0) is 16.6 Å². The van der Waals surface area contributed by atoms with Crippen LogP contribution in [0.1, 0.15) is 6.92 Å². The number of nitrogens with zero attached hydrogens (tertiary/aromatic N) is 4. The molecular weight excluding hydrogens is 304 g/mol. The van der Waals surface area contributed by atoms with Crippen LogP contribution >= 0.6 is 11.8 Å². The Labute approximate surface area is 129 Å². The monoisotopic (exact) mass is 318 g/mol. The lowest BCUT2D eigenvalue weighted by Crippen LogP contribution is -2.20. The second-order valence-electron chi connectivity index (χ2n) is 4.78. The number of rotatable bonds is 3. The van der Waals surface area contributed by atoms with E-state index in [1.807, 2.05) is 18.2 Å². The van der Waals surface area contributed by atoms with E-state index in [-0.39, 0.29) is 11.5 Å². The molecule has 0 aliphatic heterocycles. The third kappa shape index (κ3) is 2.16. The maximum atomic E-state index is 12.3. The van der Waals surface area contributed by atoms with E-state index in [2.05, 4.69) is 10.2 Å².